The highest BCUT2D eigenvalue weighted by Crippen LogP contribution is 2.50. The molecule has 0 aromatic heterocycles. The molecule has 6 nitrogen and oxygen atoms in total. The number of rotatable bonds is 10. The molecule has 0 radical (unpaired) electrons. The molecule has 0 amide bonds. The van der Waals surface area contributed by atoms with Crippen LogP contribution >= 0.6 is 8.53 Å². The van der Waals surface area contributed by atoms with Crippen LogP contribution in [0.4, 0.5) is 0 Å². The third-order valence-electron chi connectivity index (χ3n) is 5.64. The van der Waals surface area contributed by atoms with Gasteiger partial charge in [-0.1, -0.05) is 20.8 Å². The Morgan fingerprint density at radius 2 is 1.76 bits per heavy atom. The molecule has 5 atom stereocenters. The van der Waals surface area contributed by atoms with Crippen LogP contribution in [0.25, 0.3) is 4.85 Å². The molecule has 1 aliphatic heterocycles. The van der Waals surface area contributed by atoms with E-state index >= 15 is 0 Å². The fraction of sp³-hybridized carbons (Fsp3) is 0.952. The van der Waals surface area contributed by atoms with Crippen LogP contribution in [0.2, 0.25) is 18.1 Å². The second-order valence-corrected chi connectivity index (χ2v) is 16.0. The Labute approximate surface area is 182 Å². The highest BCUT2D eigenvalue weighted by atomic mass is 31.2. The van der Waals surface area contributed by atoms with Gasteiger partial charge in [-0.15, -0.1) is 0 Å². The van der Waals surface area contributed by atoms with Gasteiger partial charge in [0.05, 0.1) is 12.2 Å². The smallest absolute Gasteiger partial charge is 0.259 e. The standard InChI is InChI=1S/C21H43N2O4PSi/c1-15(2)23(16(3)4)28(24-14-13-22-10)26-19-17(5)25-18(6)20(19)27-29(11,12)21(7,8)9/h15-20H,13-14H2,1-9,11-12H3/t17-,18+,19-,20+,28?/m1/s1/i5D. The van der Waals surface area contributed by atoms with Crippen molar-refractivity contribution >= 4 is 16.8 Å². The Morgan fingerprint density at radius 1 is 1.17 bits per heavy atom. The van der Waals surface area contributed by atoms with Crippen molar-refractivity contribution in [3.8, 4) is 0 Å². The van der Waals surface area contributed by atoms with Crippen molar-refractivity contribution < 1.29 is 19.6 Å². The van der Waals surface area contributed by atoms with E-state index in [2.05, 4.69) is 71.1 Å². The number of ether oxygens (including phenoxy) is 1. The minimum absolute atomic E-state index is 0.0646. The summed E-state index contributed by atoms with van der Waals surface area (Å²) in [5, 5.41) is 0.0646. The van der Waals surface area contributed by atoms with E-state index in [0.717, 1.165) is 0 Å². The van der Waals surface area contributed by atoms with Crippen LogP contribution in [0.1, 0.15) is 63.7 Å². The van der Waals surface area contributed by atoms with Crippen LogP contribution < -0.4 is 0 Å². The normalized spacial score (nSPS) is 27.5. The van der Waals surface area contributed by atoms with Crippen LogP contribution in [-0.4, -0.2) is 62.6 Å². The summed E-state index contributed by atoms with van der Waals surface area (Å²) in [6.07, 6.45) is -1.11. The predicted octanol–water partition coefficient (Wildman–Crippen LogP) is 5.85. The van der Waals surface area contributed by atoms with Gasteiger partial charge in [-0.3, -0.25) is 0 Å². The molecule has 170 valence electrons. The number of hydrogen-bond acceptors (Lipinski definition) is 5. The molecule has 0 aromatic rings. The van der Waals surface area contributed by atoms with E-state index in [9.17, 15) is 0 Å². The molecule has 0 aromatic carbocycles. The maximum atomic E-state index is 8.02. The van der Waals surface area contributed by atoms with E-state index in [-0.39, 0.29) is 48.4 Å². The molecule has 0 aliphatic carbocycles. The highest BCUT2D eigenvalue weighted by Gasteiger charge is 2.49. The minimum Gasteiger partial charge on any atom is -0.409 e. The summed E-state index contributed by atoms with van der Waals surface area (Å²) in [7, 11) is -3.47. The summed E-state index contributed by atoms with van der Waals surface area (Å²) in [4.78, 5) is 3.41. The van der Waals surface area contributed by atoms with Crippen LogP contribution in [-0.2, 0) is 18.2 Å². The Balaban J connectivity index is 3.18. The third kappa shape index (κ3) is 7.24. The van der Waals surface area contributed by atoms with Gasteiger partial charge < -0.3 is 23.1 Å². The zero-order valence-electron chi connectivity index (χ0n) is 21.1. The Morgan fingerprint density at radius 3 is 2.21 bits per heavy atom. The minimum atomic E-state index is -2.06. The highest BCUT2D eigenvalue weighted by molar-refractivity contribution is 7.44. The van der Waals surface area contributed by atoms with Gasteiger partial charge in [0.25, 0.3) is 8.53 Å². The van der Waals surface area contributed by atoms with E-state index in [4.69, 9.17) is 26.2 Å². The van der Waals surface area contributed by atoms with E-state index in [0.29, 0.717) is 13.2 Å². The SMILES string of the molecule is [2H]C[C@H]1O[C@@H](C)[C@H](O[Si](C)(C)C(C)(C)C)[C@@H]1OP(OCC[N+]#[C-])N(C(C)C)C(C)C. The first kappa shape index (κ1) is 25.2. The lowest BCUT2D eigenvalue weighted by Gasteiger charge is -2.42. The molecule has 1 heterocycles. The molecule has 8 heteroatoms. The lowest BCUT2D eigenvalue weighted by atomic mass is 10.1. The van der Waals surface area contributed by atoms with Crippen LogP contribution in [0.15, 0.2) is 0 Å². The molecule has 1 fully saturated rings. The molecule has 0 N–H and O–H groups in total. The van der Waals surface area contributed by atoms with E-state index in [1.165, 1.54) is 0 Å². The lowest BCUT2D eigenvalue weighted by molar-refractivity contribution is 0.0293. The Bertz CT molecular complexity index is 560. The summed E-state index contributed by atoms with van der Waals surface area (Å²) in [6.45, 7) is 29.4. The van der Waals surface area contributed by atoms with Crippen LogP contribution in [0, 0.1) is 6.57 Å². The molecule has 0 spiro atoms. The van der Waals surface area contributed by atoms with Crippen LogP contribution in [0.3, 0.4) is 0 Å². The van der Waals surface area contributed by atoms with Gasteiger partial charge in [0, 0.05) is 13.5 Å². The molecular weight excluding hydrogens is 403 g/mol. The van der Waals surface area contributed by atoms with E-state index in [1.54, 1.807) is 0 Å². The van der Waals surface area contributed by atoms with Crippen molar-refractivity contribution in [1.82, 2.24) is 4.67 Å². The zero-order valence-corrected chi connectivity index (χ0v) is 22.0. The van der Waals surface area contributed by atoms with Gasteiger partial charge >= 0.3 is 0 Å². The second kappa shape index (κ2) is 11.0. The topological polar surface area (TPSA) is 44.5 Å². The summed E-state index contributed by atoms with van der Waals surface area (Å²) in [5.41, 5.74) is 0. The summed E-state index contributed by atoms with van der Waals surface area (Å²) >= 11 is 0. The Hall–Kier alpha value is -0.0631. The molecule has 0 bridgehead atoms. The molecule has 1 aliphatic rings. The third-order valence-corrected chi connectivity index (χ3v) is 12.2. The van der Waals surface area contributed by atoms with Gasteiger partial charge in [0.2, 0.25) is 6.54 Å². The predicted molar refractivity (Wildman–Crippen MR) is 123 cm³/mol. The molecule has 1 rings (SSSR count). The van der Waals surface area contributed by atoms with Crippen molar-refractivity contribution in [2.75, 3.05) is 13.2 Å². The molecular formula is C21H43N2O4PSi. The summed E-state index contributed by atoms with van der Waals surface area (Å²) in [6, 6.07) is 0.441. The molecule has 29 heavy (non-hydrogen) atoms. The quantitative estimate of drug-likeness (QED) is 0.182. The first-order valence-corrected chi connectivity index (χ1v) is 14.6. The van der Waals surface area contributed by atoms with Gasteiger partial charge in [-0.25, -0.2) is 11.2 Å². The zero-order chi connectivity index (χ0) is 23.3. The average Bonchev–Trinajstić information content (AvgIpc) is 2.88. The van der Waals surface area contributed by atoms with E-state index < -0.39 is 16.8 Å². The summed E-state index contributed by atoms with van der Waals surface area (Å²) < 4.78 is 35.8. The van der Waals surface area contributed by atoms with Gasteiger partial charge in [-0.05, 0) is 59.7 Å². The van der Waals surface area contributed by atoms with Crippen molar-refractivity contribution in [3.05, 3.63) is 11.4 Å². The van der Waals surface area contributed by atoms with Crippen molar-refractivity contribution in [2.45, 2.75) is 117 Å². The Kier molecular flexibility index (Phi) is 9.55. The lowest BCUT2D eigenvalue weighted by Crippen LogP contribution is -2.49. The maximum Gasteiger partial charge on any atom is 0.259 e. The van der Waals surface area contributed by atoms with Crippen molar-refractivity contribution in [2.24, 2.45) is 0 Å². The van der Waals surface area contributed by atoms with Crippen molar-refractivity contribution in [3.63, 3.8) is 0 Å². The van der Waals surface area contributed by atoms with Crippen molar-refractivity contribution in [1.29, 1.82) is 0 Å². The van der Waals surface area contributed by atoms with Gasteiger partial charge in [0.1, 0.15) is 18.8 Å². The largest absolute Gasteiger partial charge is 0.409 e. The first-order chi connectivity index (χ1) is 13.8. The van der Waals surface area contributed by atoms with Crippen LogP contribution in [0.5, 0.6) is 0 Å². The first-order valence-electron chi connectivity index (χ1n) is 11.3. The van der Waals surface area contributed by atoms with Gasteiger partial charge in [0.15, 0.2) is 8.32 Å². The maximum absolute atomic E-state index is 8.02. The fourth-order valence-corrected chi connectivity index (χ4v) is 6.23. The number of hydrogen-bond donors (Lipinski definition) is 0. The molecule has 1 unspecified atom stereocenters. The van der Waals surface area contributed by atoms with E-state index in [1.807, 2.05) is 6.92 Å². The average molecular weight is 448 g/mol. The molecule has 1 saturated heterocycles. The fourth-order valence-electron chi connectivity index (χ4n) is 3.11. The summed E-state index contributed by atoms with van der Waals surface area (Å²) in [5.74, 6) is 0. The van der Waals surface area contributed by atoms with Gasteiger partial charge in [-0.2, -0.15) is 0 Å². The second-order valence-electron chi connectivity index (χ2n) is 9.81. The number of nitrogens with zero attached hydrogens (tertiary/aromatic N) is 2. The molecule has 0 saturated carbocycles. The monoisotopic (exact) mass is 447 g/mol.